The van der Waals surface area contributed by atoms with E-state index in [1.807, 2.05) is 30.3 Å². The van der Waals surface area contributed by atoms with Gasteiger partial charge in [-0.25, -0.2) is 0 Å². The smallest absolute Gasteiger partial charge is 0.307 e. The highest BCUT2D eigenvalue weighted by Gasteiger charge is 2.12. The summed E-state index contributed by atoms with van der Waals surface area (Å²) in [6.45, 7) is 1.75. The van der Waals surface area contributed by atoms with Crippen molar-refractivity contribution in [3.05, 3.63) is 96.6 Å². The molecule has 4 aromatic carbocycles. The van der Waals surface area contributed by atoms with E-state index in [0.717, 1.165) is 33.3 Å². The molecule has 5 rings (SSSR count). The second kappa shape index (κ2) is 9.16. The van der Waals surface area contributed by atoms with E-state index < -0.39 is 5.97 Å². The van der Waals surface area contributed by atoms with E-state index in [2.05, 4.69) is 60.7 Å². The summed E-state index contributed by atoms with van der Waals surface area (Å²) >= 11 is 1.66. The van der Waals surface area contributed by atoms with Crippen LogP contribution in [0.4, 0.5) is 0 Å². The molecule has 0 amide bonds. The molecule has 33 heavy (non-hydrogen) atoms. The Morgan fingerprint density at radius 1 is 0.818 bits per heavy atom. The molecule has 0 radical (unpaired) electrons. The van der Waals surface area contributed by atoms with Crippen LogP contribution in [0.1, 0.15) is 12.5 Å². The van der Waals surface area contributed by atoms with Gasteiger partial charge in [-0.15, -0.1) is 0 Å². The summed E-state index contributed by atoms with van der Waals surface area (Å²) < 4.78 is 6.04. The molecule has 0 fully saturated rings. The van der Waals surface area contributed by atoms with Crippen molar-refractivity contribution in [2.24, 2.45) is 5.92 Å². The molecule has 1 aromatic heterocycles. The minimum atomic E-state index is -0.738. The van der Waals surface area contributed by atoms with E-state index in [9.17, 15) is 4.79 Å². The van der Waals surface area contributed by atoms with Gasteiger partial charge in [0.15, 0.2) is 0 Å². The lowest BCUT2D eigenvalue weighted by molar-refractivity contribution is -0.140. The number of fused-ring (bicyclic) bond motifs is 3. The monoisotopic (exact) mass is 452 g/mol. The van der Waals surface area contributed by atoms with Crippen molar-refractivity contribution < 1.29 is 14.3 Å². The maximum Gasteiger partial charge on any atom is 0.307 e. The average Bonchev–Trinajstić information content (AvgIpc) is 3.23. The first-order chi connectivity index (χ1) is 16.1. The van der Waals surface area contributed by atoms with Gasteiger partial charge < -0.3 is 9.52 Å². The van der Waals surface area contributed by atoms with Crippen LogP contribution >= 0.6 is 11.8 Å². The third-order valence-corrected chi connectivity index (χ3v) is 7.22. The number of aliphatic carboxylic acids is 1. The Labute approximate surface area is 197 Å². The van der Waals surface area contributed by atoms with E-state index in [-0.39, 0.29) is 5.92 Å². The predicted octanol–water partition coefficient (Wildman–Crippen LogP) is 7.87. The molecule has 0 aliphatic rings. The van der Waals surface area contributed by atoms with Crippen LogP contribution < -0.4 is 0 Å². The molecule has 0 aliphatic heterocycles. The van der Waals surface area contributed by atoms with Crippen molar-refractivity contribution >= 4 is 39.7 Å². The van der Waals surface area contributed by atoms with Crippen molar-refractivity contribution in [3.63, 3.8) is 0 Å². The molecule has 1 heterocycles. The molecule has 4 heteroatoms. The van der Waals surface area contributed by atoms with Crippen molar-refractivity contribution in [2.75, 3.05) is 5.75 Å². The number of carboxylic acids is 1. The summed E-state index contributed by atoms with van der Waals surface area (Å²) in [6, 6.07) is 31.6. The van der Waals surface area contributed by atoms with Crippen LogP contribution in [0.15, 0.2) is 95.4 Å². The second-order valence-corrected chi connectivity index (χ2v) is 9.34. The predicted molar refractivity (Wildman–Crippen MR) is 138 cm³/mol. The van der Waals surface area contributed by atoms with Gasteiger partial charge in [0.25, 0.3) is 0 Å². The largest absolute Gasteiger partial charge is 0.481 e. The van der Waals surface area contributed by atoms with Gasteiger partial charge in [0.2, 0.25) is 0 Å². The quantitative estimate of drug-likeness (QED) is 0.273. The van der Waals surface area contributed by atoms with E-state index in [1.54, 1.807) is 18.7 Å². The van der Waals surface area contributed by atoms with Crippen LogP contribution in [-0.2, 0) is 10.5 Å². The van der Waals surface area contributed by atoms with Crippen molar-refractivity contribution in [2.45, 2.75) is 12.7 Å². The molecule has 164 valence electrons. The molecule has 1 unspecified atom stereocenters. The van der Waals surface area contributed by atoms with Crippen LogP contribution in [0.3, 0.4) is 0 Å². The number of furan rings is 1. The number of hydrogen-bond donors (Lipinski definition) is 1. The van der Waals surface area contributed by atoms with Crippen LogP contribution in [-0.4, -0.2) is 16.8 Å². The van der Waals surface area contributed by atoms with Gasteiger partial charge in [0.1, 0.15) is 11.2 Å². The fourth-order valence-corrected chi connectivity index (χ4v) is 5.12. The highest BCUT2D eigenvalue weighted by atomic mass is 32.2. The Bertz CT molecular complexity index is 1420. The first-order valence-electron chi connectivity index (χ1n) is 11.0. The van der Waals surface area contributed by atoms with Crippen LogP contribution in [0.5, 0.6) is 0 Å². The highest BCUT2D eigenvalue weighted by Crippen LogP contribution is 2.37. The van der Waals surface area contributed by atoms with E-state index in [0.29, 0.717) is 5.75 Å². The van der Waals surface area contributed by atoms with Gasteiger partial charge in [0.05, 0.1) is 5.92 Å². The summed E-state index contributed by atoms with van der Waals surface area (Å²) in [7, 11) is 0. The fraction of sp³-hybridized carbons (Fsp3) is 0.138. The minimum Gasteiger partial charge on any atom is -0.481 e. The lowest BCUT2D eigenvalue weighted by atomic mass is 9.97. The molecule has 0 saturated heterocycles. The van der Waals surface area contributed by atoms with E-state index >= 15 is 0 Å². The lowest BCUT2D eigenvalue weighted by Crippen LogP contribution is -2.11. The number of carbonyl (C=O) groups is 1. The maximum atomic E-state index is 10.9. The second-order valence-electron chi connectivity index (χ2n) is 8.31. The standard InChI is InChI=1S/C29H24O3S/c1-19(29(30)31)17-33-18-20-9-11-21(12-10-20)22-13-15-23(16-14-22)24-6-4-8-27-28(24)25-5-2-3-7-26(25)32-27/h2-16,19H,17-18H2,1H3,(H,30,31). The summed E-state index contributed by atoms with van der Waals surface area (Å²) in [5.41, 5.74) is 7.69. The first-order valence-corrected chi connectivity index (χ1v) is 12.2. The number of rotatable bonds is 7. The molecule has 0 spiro atoms. The van der Waals surface area contributed by atoms with Gasteiger partial charge in [-0.05, 0) is 39.9 Å². The molecule has 0 bridgehead atoms. The number of para-hydroxylation sites is 1. The zero-order valence-corrected chi connectivity index (χ0v) is 19.1. The third-order valence-electron chi connectivity index (χ3n) is 5.94. The van der Waals surface area contributed by atoms with Gasteiger partial charge >= 0.3 is 5.97 Å². The summed E-state index contributed by atoms with van der Waals surface area (Å²) in [5, 5.41) is 11.3. The van der Waals surface area contributed by atoms with Crippen molar-refractivity contribution in [1.29, 1.82) is 0 Å². The molecular formula is C29H24O3S. The fourth-order valence-electron chi connectivity index (χ4n) is 4.08. The molecule has 0 saturated carbocycles. The molecule has 1 atom stereocenters. The number of hydrogen-bond acceptors (Lipinski definition) is 3. The van der Waals surface area contributed by atoms with Crippen LogP contribution in [0, 0.1) is 5.92 Å². The van der Waals surface area contributed by atoms with Gasteiger partial charge in [-0.2, -0.15) is 11.8 Å². The number of carboxylic acid groups (broad SMARTS) is 1. The van der Waals surface area contributed by atoms with E-state index in [4.69, 9.17) is 9.52 Å². The lowest BCUT2D eigenvalue weighted by Gasteiger charge is -2.08. The van der Waals surface area contributed by atoms with Gasteiger partial charge in [0, 0.05) is 22.3 Å². The van der Waals surface area contributed by atoms with Crippen molar-refractivity contribution in [1.82, 2.24) is 0 Å². The Kier molecular flexibility index (Phi) is 5.93. The SMILES string of the molecule is CC(CSCc1ccc(-c2ccc(-c3cccc4oc5ccccc5c34)cc2)cc1)C(=O)O. The number of benzene rings is 4. The molecular weight excluding hydrogens is 428 g/mol. The Morgan fingerprint density at radius 2 is 1.45 bits per heavy atom. The molecule has 5 aromatic rings. The van der Waals surface area contributed by atoms with E-state index in [1.165, 1.54) is 22.3 Å². The highest BCUT2D eigenvalue weighted by molar-refractivity contribution is 7.98. The van der Waals surface area contributed by atoms with Gasteiger partial charge in [-0.3, -0.25) is 4.79 Å². The van der Waals surface area contributed by atoms with Crippen molar-refractivity contribution in [3.8, 4) is 22.3 Å². The summed E-state index contributed by atoms with van der Waals surface area (Å²) in [6.07, 6.45) is 0. The van der Waals surface area contributed by atoms with Gasteiger partial charge in [-0.1, -0.05) is 85.8 Å². The zero-order chi connectivity index (χ0) is 22.8. The average molecular weight is 453 g/mol. The first kappa shape index (κ1) is 21.4. The minimum absolute atomic E-state index is 0.321. The van der Waals surface area contributed by atoms with Crippen LogP contribution in [0.2, 0.25) is 0 Å². The normalized spacial score (nSPS) is 12.3. The Hall–Kier alpha value is -3.50. The Morgan fingerprint density at radius 3 is 2.18 bits per heavy atom. The molecule has 0 aliphatic carbocycles. The van der Waals surface area contributed by atoms with Crippen LogP contribution in [0.25, 0.3) is 44.2 Å². The molecule has 3 nitrogen and oxygen atoms in total. The summed E-state index contributed by atoms with van der Waals surface area (Å²) in [5.74, 6) is 0.383. The maximum absolute atomic E-state index is 10.9. The number of thioether (sulfide) groups is 1. The molecule has 1 N–H and O–H groups in total. The third kappa shape index (κ3) is 4.39. The summed E-state index contributed by atoms with van der Waals surface area (Å²) in [4.78, 5) is 10.9. The topological polar surface area (TPSA) is 50.4 Å². The Balaban J connectivity index is 1.36. The zero-order valence-electron chi connectivity index (χ0n) is 18.3.